The monoisotopic (exact) mass is 458 g/mol. The minimum absolute atomic E-state index is 0.140. The Morgan fingerprint density at radius 1 is 1.31 bits per heavy atom. The van der Waals surface area contributed by atoms with Crippen molar-refractivity contribution in [2.75, 3.05) is 4.90 Å². The minimum Gasteiger partial charge on any atom is -0.475 e. The summed E-state index contributed by atoms with van der Waals surface area (Å²) in [4.78, 5) is 25.6. The number of carboxylic acid groups (broad SMARTS) is 1. The summed E-state index contributed by atoms with van der Waals surface area (Å²) in [6.45, 7) is 12.8. The van der Waals surface area contributed by atoms with E-state index in [0.717, 1.165) is 29.5 Å². The fourth-order valence-corrected chi connectivity index (χ4v) is 4.45. The van der Waals surface area contributed by atoms with Crippen LogP contribution in [0.15, 0.2) is 40.6 Å². The number of allylic oxidation sites excluding steroid dienone is 1. The van der Waals surface area contributed by atoms with E-state index in [4.69, 9.17) is 21.2 Å². The number of carbonyl (C=O) groups is 2. The molecule has 0 aliphatic carbocycles. The Labute approximate surface area is 194 Å². The molecule has 0 saturated carbocycles. The highest BCUT2D eigenvalue weighted by Gasteiger charge is 2.41. The summed E-state index contributed by atoms with van der Waals surface area (Å²) < 4.78 is 4.85. The van der Waals surface area contributed by atoms with E-state index < -0.39 is 11.4 Å². The number of anilines is 1. The van der Waals surface area contributed by atoms with Crippen LogP contribution in [0.25, 0.3) is 0 Å². The van der Waals surface area contributed by atoms with Crippen LogP contribution >= 0.6 is 11.6 Å². The Hall–Kier alpha value is -2.60. The van der Waals surface area contributed by atoms with Crippen LogP contribution in [-0.2, 0) is 16.6 Å². The van der Waals surface area contributed by atoms with Gasteiger partial charge in [-0.25, -0.2) is 4.79 Å². The molecule has 0 bridgehead atoms. The summed E-state index contributed by atoms with van der Waals surface area (Å²) in [6, 6.07) is 7.39. The average molecular weight is 459 g/mol. The maximum Gasteiger partial charge on any atom is 0.374 e. The standard InChI is InChI=1S/C25H31ClN2O4/c1-15(2)18-14-28(21-12-20(23(30)31)32-27-21)22(29)13-25(18,6)17-8-7-16(19(26)11-17)9-10-24(3,4)5/h7-8,11-12,14-15H,9-10,13H2,1-6H3,(H,30,31)/t25-/m0/s1. The highest BCUT2D eigenvalue weighted by molar-refractivity contribution is 6.31. The predicted molar refractivity (Wildman–Crippen MR) is 125 cm³/mol. The molecule has 0 radical (unpaired) electrons. The highest BCUT2D eigenvalue weighted by atomic mass is 35.5. The zero-order chi connectivity index (χ0) is 23.8. The summed E-state index contributed by atoms with van der Waals surface area (Å²) in [7, 11) is 0. The molecular weight excluding hydrogens is 428 g/mol. The maximum absolute atomic E-state index is 13.1. The quantitative estimate of drug-likeness (QED) is 0.553. The van der Waals surface area contributed by atoms with E-state index in [-0.39, 0.29) is 35.2 Å². The Morgan fingerprint density at radius 2 is 2.00 bits per heavy atom. The first kappa shape index (κ1) is 24.1. The van der Waals surface area contributed by atoms with Gasteiger partial charge in [0.05, 0.1) is 0 Å². The number of rotatable bonds is 6. The van der Waals surface area contributed by atoms with E-state index >= 15 is 0 Å². The van der Waals surface area contributed by atoms with Crippen LogP contribution in [-0.4, -0.2) is 22.1 Å². The highest BCUT2D eigenvalue weighted by Crippen LogP contribution is 2.44. The lowest BCUT2D eigenvalue weighted by Crippen LogP contribution is -2.42. The lowest BCUT2D eigenvalue weighted by molar-refractivity contribution is -0.119. The molecule has 1 aliphatic rings. The molecule has 0 saturated heterocycles. The third-order valence-corrected chi connectivity index (χ3v) is 6.44. The van der Waals surface area contributed by atoms with Crippen molar-refractivity contribution in [2.45, 2.75) is 66.2 Å². The Kier molecular flexibility index (Phi) is 6.57. The molecule has 0 unspecified atom stereocenters. The third-order valence-electron chi connectivity index (χ3n) is 6.09. The first-order chi connectivity index (χ1) is 14.8. The van der Waals surface area contributed by atoms with Crippen molar-refractivity contribution >= 4 is 29.3 Å². The molecule has 7 heteroatoms. The van der Waals surface area contributed by atoms with Gasteiger partial charge in [0, 0.05) is 29.1 Å². The molecule has 2 heterocycles. The van der Waals surface area contributed by atoms with Crippen molar-refractivity contribution in [3.8, 4) is 0 Å². The minimum atomic E-state index is -1.23. The van der Waals surface area contributed by atoms with Gasteiger partial charge < -0.3 is 9.63 Å². The molecule has 1 aliphatic heterocycles. The Bertz CT molecular complexity index is 1060. The van der Waals surface area contributed by atoms with E-state index in [1.165, 1.54) is 11.0 Å². The Morgan fingerprint density at radius 3 is 2.53 bits per heavy atom. The topological polar surface area (TPSA) is 83.6 Å². The van der Waals surface area contributed by atoms with E-state index in [2.05, 4.69) is 58.8 Å². The van der Waals surface area contributed by atoms with E-state index in [0.29, 0.717) is 5.02 Å². The molecule has 0 fully saturated rings. The van der Waals surface area contributed by atoms with Crippen molar-refractivity contribution in [2.24, 2.45) is 11.3 Å². The van der Waals surface area contributed by atoms with E-state index in [9.17, 15) is 9.59 Å². The van der Waals surface area contributed by atoms with Crippen LogP contribution in [0, 0.1) is 11.3 Å². The number of carbonyl (C=O) groups excluding carboxylic acids is 1. The molecule has 1 amide bonds. The second kappa shape index (κ2) is 8.74. The van der Waals surface area contributed by atoms with Gasteiger partial charge >= 0.3 is 5.97 Å². The summed E-state index contributed by atoms with van der Waals surface area (Å²) in [6.07, 6.45) is 3.91. The summed E-state index contributed by atoms with van der Waals surface area (Å²) >= 11 is 6.67. The van der Waals surface area contributed by atoms with Crippen LogP contribution in [0.4, 0.5) is 5.82 Å². The van der Waals surface area contributed by atoms with Gasteiger partial charge in [-0.05, 0) is 46.9 Å². The molecular formula is C25H31ClN2O4. The number of nitrogens with zero attached hydrogens (tertiary/aromatic N) is 2. The molecule has 32 heavy (non-hydrogen) atoms. The molecule has 1 N–H and O–H groups in total. The number of hydrogen-bond acceptors (Lipinski definition) is 4. The molecule has 172 valence electrons. The molecule has 6 nitrogen and oxygen atoms in total. The number of amides is 1. The molecule has 3 rings (SSSR count). The van der Waals surface area contributed by atoms with Crippen LogP contribution in [0.1, 0.15) is 76.1 Å². The number of aromatic nitrogens is 1. The first-order valence-corrected chi connectivity index (χ1v) is 11.2. The smallest absolute Gasteiger partial charge is 0.374 e. The molecule has 1 aromatic carbocycles. The molecule has 2 aromatic rings. The summed E-state index contributed by atoms with van der Waals surface area (Å²) in [5.74, 6) is -1.41. The number of aromatic carboxylic acids is 1. The normalized spacial score (nSPS) is 19.4. The number of aryl methyl sites for hydroxylation is 1. The lowest BCUT2D eigenvalue weighted by Gasteiger charge is -2.40. The zero-order valence-corrected chi connectivity index (χ0v) is 20.3. The lowest BCUT2D eigenvalue weighted by atomic mass is 9.68. The second-order valence-corrected chi connectivity index (χ2v) is 10.6. The van der Waals surface area contributed by atoms with E-state index in [1.54, 1.807) is 6.20 Å². The van der Waals surface area contributed by atoms with Crippen molar-refractivity contribution in [3.63, 3.8) is 0 Å². The summed E-state index contributed by atoms with van der Waals surface area (Å²) in [5, 5.41) is 13.6. The van der Waals surface area contributed by atoms with Gasteiger partial charge in [0.1, 0.15) is 0 Å². The van der Waals surface area contributed by atoms with Crippen LogP contribution in [0.5, 0.6) is 0 Å². The van der Waals surface area contributed by atoms with Gasteiger partial charge in [-0.1, -0.05) is 70.4 Å². The summed E-state index contributed by atoms with van der Waals surface area (Å²) in [5.41, 5.74) is 2.82. The van der Waals surface area contributed by atoms with Gasteiger partial charge in [0.2, 0.25) is 11.7 Å². The number of carboxylic acids is 1. The van der Waals surface area contributed by atoms with Crippen molar-refractivity contribution in [1.82, 2.24) is 5.16 Å². The number of benzene rings is 1. The number of halogens is 1. The van der Waals surface area contributed by atoms with Crippen molar-refractivity contribution in [1.29, 1.82) is 0 Å². The zero-order valence-electron chi connectivity index (χ0n) is 19.5. The number of hydrogen-bond donors (Lipinski definition) is 1. The van der Waals surface area contributed by atoms with Gasteiger partial charge in [-0.2, -0.15) is 0 Å². The molecule has 1 atom stereocenters. The maximum atomic E-state index is 13.1. The molecule has 0 spiro atoms. The van der Waals surface area contributed by atoms with Crippen LogP contribution in [0.3, 0.4) is 0 Å². The fraction of sp³-hybridized carbons (Fsp3) is 0.480. The first-order valence-electron chi connectivity index (χ1n) is 10.8. The third kappa shape index (κ3) is 4.90. The second-order valence-electron chi connectivity index (χ2n) is 10.2. The fourth-order valence-electron chi connectivity index (χ4n) is 4.18. The van der Waals surface area contributed by atoms with Gasteiger partial charge in [-0.3, -0.25) is 9.69 Å². The van der Waals surface area contributed by atoms with Crippen molar-refractivity contribution < 1.29 is 19.2 Å². The van der Waals surface area contributed by atoms with Gasteiger partial charge in [0.25, 0.3) is 0 Å². The van der Waals surface area contributed by atoms with Crippen LogP contribution in [0.2, 0.25) is 5.02 Å². The van der Waals surface area contributed by atoms with Gasteiger partial charge in [-0.15, -0.1) is 0 Å². The largest absolute Gasteiger partial charge is 0.475 e. The Balaban J connectivity index is 1.98. The van der Waals surface area contributed by atoms with Crippen molar-refractivity contribution in [3.05, 3.63) is 57.9 Å². The molecule has 1 aromatic heterocycles. The van der Waals surface area contributed by atoms with Gasteiger partial charge in [0.15, 0.2) is 5.82 Å². The average Bonchev–Trinajstić information content (AvgIpc) is 3.16. The van der Waals surface area contributed by atoms with E-state index in [1.807, 2.05) is 6.07 Å². The predicted octanol–water partition coefficient (Wildman–Crippen LogP) is 6.24. The SMILES string of the molecule is CC(C)C1=CN(c2cc(C(=O)O)on2)C(=O)C[C@@]1(C)c1ccc(CCC(C)(C)C)c(Cl)c1. The van der Waals surface area contributed by atoms with Crippen LogP contribution < -0.4 is 4.90 Å².